The SMILES string of the molecule is CCN(CC)C(=O)[C@@H]1CSCN1C(=O)CC[C@H]1CCCCO1. The predicted molar refractivity (Wildman–Crippen MR) is 88.7 cm³/mol. The van der Waals surface area contributed by atoms with Crippen LogP contribution in [0.1, 0.15) is 46.0 Å². The van der Waals surface area contributed by atoms with Crippen molar-refractivity contribution >= 4 is 23.6 Å². The van der Waals surface area contributed by atoms with Gasteiger partial charge >= 0.3 is 0 Å². The van der Waals surface area contributed by atoms with Gasteiger partial charge in [-0.05, 0) is 39.5 Å². The number of hydrogen-bond donors (Lipinski definition) is 0. The fourth-order valence-electron chi connectivity index (χ4n) is 3.10. The molecule has 2 rings (SSSR count). The van der Waals surface area contributed by atoms with Gasteiger partial charge in [-0.3, -0.25) is 9.59 Å². The van der Waals surface area contributed by atoms with Crippen molar-refractivity contribution in [2.45, 2.75) is 58.1 Å². The molecule has 2 atom stereocenters. The minimum atomic E-state index is -0.273. The molecule has 2 aliphatic heterocycles. The first-order valence-electron chi connectivity index (χ1n) is 8.45. The Morgan fingerprint density at radius 1 is 1.27 bits per heavy atom. The van der Waals surface area contributed by atoms with Crippen molar-refractivity contribution in [1.29, 1.82) is 0 Å². The summed E-state index contributed by atoms with van der Waals surface area (Å²) in [5, 5.41) is 0. The molecule has 0 saturated carbocycles. The van der Waals surface area contributed by atoms with Crippen LogP contribution >= 0.6 is 11.8 Å². The summed E-state index contributed by atoms with van der Waals surface area (Å²) in [4.78, 5) is 28.6. The molecular formula is C16H28N2O3S. The molecule has 0 unspecified atom stereocenters. The lowest BCUT2D eigenvalue weighted by molar-refractivity contribution is -0.143. The standard InChI is InChI=1S/C16H28N2O3S/c1-3-17(4-2)16(20)14-11-22-12-18(14)15(19)9-8-13-7-5-6-10-21-13/h13-14H,3-12H2,1-2H3/t13-,14+/m1/s1. The largest absolute Gasteiger partial charge is 0.378 e. The summed E-state index contributed by atoms with van der Waals surface area (Å²) < 4.78 is 5.69. The highest BCUT2D eigenvalue weighted by Gasteiger charge is 2.36. The van der Waals surface area contributed by atoms with E-state index >= 15 is 0 Å². The molecule has 0 spiro atoms. The highest BCUT2D eigenvalue weighted by Crippen LogP contribution is 2.25. The Balaban J connectivity index is 1.86. The van der Waals surface area contributed by atoms with Crippen LogP contribution in [0.2, 0.25) is 0 Å². The first-order chi connectivity index (χ1) is 10.7. The van der Waals surface area contributed by atoms with E-state index in [0.717, 1.165) is 31.6 Å². The molecule has 6 heteroatoms. The first-order valence-corrected chi connectivity index (χ1v) is 9.60. The van der Waals surface area contributed by atoms with Gasteiger partial charge in [0.1, 0.15) is 6.04 Å². The van der Waals surface area contributed by atoms with Crippen LogP contribution in [0.25, 0.3) is 0 Å². The van der Waals surface area contributed by atoms with Gasteiger partial charge in [0, 0.05) is 31.9 Å². The smallest absolute Gasteiger partial charge is 0.246 e. The number of amides is 2. The zero-order chi connectivity index (χ0) is 15.9. The van der Waals surface area contributed by atoms with E-state index in [2.05, 4.69) is 0 Å². The number of nitrogens with zero attached hydrogens (tertiary/aromatic N) is 2. The highest BCUT2D eigenvalue weighted by molar-refractivity contribution is 7.99. The van der Waals surface area contributed by atoms with Crippen molar-refractivity contribution in [3.05, 3.63) is 0 Å². The molecule has 2 fully saturated rings. The maximum atomic E-state index is 12.5. The van der Waals surface area contributed by atoms with Crippen LogP contribution in [0.15, 0.2) is 0 Å². The van der Waals surface area contributed by atoms with Crippen molar-refractivity contribution in [3.63, 3.8) is 0 Å². The fraction of sp³-hybridized carbons (Fsp3) is 0.875. The molecule has 0 radical (unpaired) electrons. The van der Waals surface area contributed by atoms with Gasteiger partial charge in [0.25, 0.3) is 0 Å². The van der Waals surface area contributed by atoms with E-state index in [-0.39, 0.29) is 24.0 Å². The molecule has 2 amide bonds. The molecule has 2 heterocycles. The van der Waals surface area contributed by atoms with E-state index in [0.29, 0.717) is 25.4 Å². The second-order valence-electron chi connectivity index (χ2n) is 5.92. The monoisotopic (exact) mass is 328 g/mol. The van der Waals surface area contributed by atoms with Crippen LogP contribution in [0.5, 0.6) is 0 Å². The molecule has 126 valence electrons. The number of carbonyl (C=O) groups is 2. The number of hydrogen-bond acceptors (Lipinski definition) is 4. The molecule has 0 N–H and O–H groups in total. The van der Waals surface area contributed by atoms with Gasteiger partial charge in [-0.15, -0.1) is 11.8 Å². The Hall–Kier alpha value is -0.750. The summed E-state index contributed by atoms with van der Waals surface area (Å²) in [7, 11) is 0. The molecule has 0 aliphatic carbocycles. The van der Waals surface area contributed by atoms with E-state index in [4.69, 9.17) is 4.74 Å². The number of thioether (sulfide) groups is 1. The summed E-state index contributed by atoms with van der Waals surface area (Å²) >= 11 is 1.67. The molecule has 22 heavy (non-hydrogen) atoms. The van der Waals surface area contributed by atoms with Gasteiger partial charge in [-0.25, -0.2) is 0 Å². The van der Waals surface area contributed by atoms with Gasteiger partial charge in [-0.1, -0.05) is 0 Å². The Bertz CT molecular complexity index is 382. The summed E-state index contributed by atoms with van der Waals surface area (Å²) in [6.07, 6.45) is 4.89. The predicted octanol–water partition coefficient (Wildman–Crippen LogP) is 2.11. The van der Waals surface area contributed by atoms with Gasteiger partial charge in [-0.2, -0.15) is 0 Å². The van der Waals surface area contributed by atoms with Crippen LogP contribution < -0.4 is 0 Å². The average molecular weight is 328 g/mol. The summed E-state index contributed by atoms with van der Waals surface area (Å²) in [6.45, 7) is 6.19. The molecule has 0 aromatic carbocycles. The fourth-order valence-corrected chi connectivity index (χ4v) is 4.27. The molecule has 0 bridgehead atoms. The Morgan fingerprint density at radius 2 is 2.05 bits per heavy atom. The van der Waals surface area contributed by atoms with E-state index in [1.54, 1.807) is 16.7 Å². The lowest BCUT2D eigenvalue weighted by Crippen LogP contribution is -2.49. The van der Waals surface area contributed by atoms with Gasteiger partial charge < -0.3 is 14.5 Å². The van der Waals surface area contributed by atoms with Crippen molar-refractivity contribution in [3.8, 4) is 0 Å². The van der Waals surface area contributed by atoms with E-state index in [9.17, 15) is 9.59 Å². The molecule has 5 nitrogen and oxygen atoms in total. The number of carbonyl (C=O) groups excluding carboxylic acids is 2. The number of ether oxygens (including phenoxy) is 1. The average Bonchev–Trinajstić information content (AvgIpc) is 3.04. The van der Waals surface area contributed by atoms with Gasteiger partial charge in [0.15, 0.2) is 0 Å². The third kappa shape index (κ3) is 4.38. The van der Waals surface area contributed by atoms with Crippen molar-refractivity contribution < 1.29 is 14.3 Å². The third-order valence-corrected chi connectivity index (χ3v) is 5.53. The molecule has 2 aliphatic rings. The number of rotatable bonds is 6. The Labute approximate surface area is 137 Å². The maximum Gasteiger partial charge on any atom is 0.246 e. The summed E-state index contributed by atoms with van der Waals surface area (Å²) in [6, 6.07) is -0.273. The second kappa shape index (κ2) is 8.77. The van der Waals surface area contributed by atoms with E-state index in [1.165, 1.54) is 6.42 Å². The zero-order valence-corrected chi connectivity index (χ0v) is 14.6. The summed E-state index contributed by atoms with van der Waals surface area (Å²) in [5.74, 6) is 1.56. The van der Waals surface area contributed by atoms with E-state index in [1.807, 2.05) is 18.7 Å². The van der Waals surface area contributed by atoms with E-state index < -0.39 is 0 Å². The van der Waals surface area contributed by atoms with Gasteiger partial charge in [0.05, 0.1) is 12.0 Å². The lowest BCUT2D eigenvalue weighted by atomic mass is 10.0. The number of likely N-dealkylation sites (N-methyl/N-ethyl adjacent to an activating group) is 1. The van der Waals surface area contributed by atoms with Crippen LogP contribution in [0.4, 0.5) is 0 Å². The van der Waals surface area contributed by atoms with Crippen LogP contribution in [0.3, 0.4) is 0 Å². The van der Waals surface area contributed by atoms with Crippen molar-refractivity contribution in [2.24, 2.45) is 0 Å². The zero-order valence-electron chi connectivity index (χ0n) is 13.8. The highest BCUT2D eigenvalue weighted by atomic mass is 32.2. The van der Waals surface area contributed by atoms with Crippen molar-refractivity contribution in [2.75, 3.05) is 31.3 Å². The molecular weight excluding hydrogens is 300 g/mol. The van der Waals surface area contributed by atoms with Crippen LogP contribution in [-0.4, -0.2) is 65.1 Å². The van der Waals surface area contributed by atoms with Gasteiger partial charge in [0.2, 0.25) is 11.8 Å². The molecule has 2 saturated heterocycles. The Morgan fingerprint density at radius 3 is 2.68 bits per heavy atom. The normalized spacial score (nSPS) is 25.3. The molecule has 0 aromatic heterocycles. The lowest BCUT2D eigenvalue weighted by Gasteiger charge is -2.29. The van der Waals surface area contributed by atoms with Crippen molar-refractivity contribution in [1.82, 2.24) is 9.80 Å². The Kier molecular flexibility index (Phi) is 7.02. The summed E-state index contributed by atoms with van der Waals surface area (Å²) in [5.41, 5.74) is 0. The minimum absolute atomic E-state index is 0.0947. The van der Waals surface area contributed by atoms with Crippen LogP contribution in [-0.2, 0) is 14.3 Å². The topological polar surface area (TPSA) is 49.9 Å². The minimum Gasteiger partial charge on any atom is -0.378 e. The second-order valence-corrected chi connectivity index (χ2v) is 6.92. The maximum absolute atomic E-state index is 12.5. The first kappa shape index (κ1) is 17.6. The molecule has 0 aromatic rings. The third-order valence-electron chi connectivity index (χ3n) is 4.52. The van der Waals surface area contributed by atoms with Crippen LogP contribution in [0, 0.1) is 0 Å². The quantitative estimate of drug-likeness (QED) is 0.749.